The number of hydrogen-bond acceptors (Lipinski definition) is 2. The molecule has 23 heavy (non-hydrogen) atoms. The minimum absolute atomic E-state index is 0.241. The lowest BCUT2D eigenvalue weighted by Crippen LogP contribution is -1.97. The summed E-state index contributed by atoms with van der Waals surface area (Å²) in [4.78, 5) is 21.7. The van der Waals surface area contributed by atoms with Gasteiger partial charge in [0.2, 0.25) is 0 Å². The fraction of sp³-hybridized carbons (Fsp3) is 0. The zero-order chi connectivity index (χ0) is 16.4. The molecule has 0 bridgehead atoms. The van der Waals surface area contributed by atoms with Crippen LogP contribution in [0.1, 0.15) is 20.7 Å². The van der Waals surface area contributed by atoms with E-state index in [2.05, 4.69) is 0 Å². The minimum Gasteiger partial charge on any atom is -0.478 e. The zero-order valence-corrected chi connectivity index (χ0v) is 12.0. The van der Waals surface area contributed by atoms with Crippen LogP contribution in [0.15, 0.2) is 67.0 Å². The normalized spacial score (nSPS) is 10.4. The van der Waals surface area contributed by atoms with Gasteiger partial charge in [-0.15, -0.1) is 0 Å². The van der Waals surface area contributed by atoms with E-state index in [9.17, 15) is 9.59 Å². The minimum atomic E-state index is -0.955. The highest BCUT2D eigenvalue weighted by atomic mass is 16.4. The van der Waals surface area contributed by atoms with Crippen molar-refractivity contribution in [3.63, 3.8) is 0 Å². The SMILES string of the molecule is O=C(O)c1ccc(-c2ccn(-c3ccc(C(=O)O)cc3)c2)cc1. The van der Waals surface area contributed by atoms with E-state index in [0.29, 0.717) is 0 Å². The number of rotatable bonds is 4. The molecule has 3 aromatic rings. The second-order valence-corrected chi connectivity index (χ2v) is 5.04. The maximum atomic E-state index is 10.9. The summed E-state index contributed by atoms with van der Waals surface area (Å²) in [5.74, 6) is -1.91. The van der Waals surface area contributed by atoms with Crippen LogP contribution < -0.4 is 0 Å². The van der Waals surface area contributed by atoms with Gasteiger partial charge in [-0.3, -0.25) is 0 Å². The predicted molar refractivity (Wildman–Crippen MR) is 85.1 cm³/mol. The second kappa shape index (κ2) is 5.81. The van der Waals surface area contributed by atoms with E-state index >= 15 is 0 Å². The molecule has 2 N–H and O–H groups in total. The van der Waals surface area contributed by atoms with Crippen molar-refractivity contribution in [3.8, 4) is 16.8 Å². The third kappa shape index (κ3) is 2.98. The van der Waals surface area contributed by atoms with E-state index in [0.717, 1.165) is 16.8 Å². The Kier molecular flexibility index (Phi) is 3.68. The van der Waals surface area contributed by atoms with E-state index < -0.39 is 11.9 Å². The molecule has 0 atom stereocenters. The van der Waals surface area contributed by atoms with Crippen molar-refractivity contribution in [2.24, 2.45) is 0 Å². The summed E-state index contributed by atoms with van der Waals surface area (Å²) in [5, 5.41) is 17.8. The quantitative estimate of drug-likeness (QED) is 0.772. The van der Waals surface area contributed by atoms with Gasteiger partial charge in [0.15, 0.2) is 0 Å². The number of aromatic carboxylic acids is 2. The number of benzene rings is 2. The lowest BCUT2D eigenvalue weighted by molar-refractivity contribution is 0.0686. The van der Waals surface area contributed by atoms with Crippen molar-refractivity contribution in [2.45, 2.75) is 0 Å². The van der Waals surface area contributed by atoms with Crippen LogP contribution in [0.2, 0.25) is 0 Å². The van der Waals surface area contributed by atoms with Crippen LogP contribution >= 0.6 is 0 Å². The van der Waals surface area contributed by atoms with Crippen LogP contribution in [0.3, 0.4) is 0 Å². The third-order valence-corrected chi connectivity index (χ3v) is 3.57. The van der Waals surface area contributed by atoms with Crippen LogP contribution in [0, 0.1) is 0 Å². The van der Waals surface area contributed by atoms with Gasteiger partial charge in [0.25, 0.3) is 0 Å². The second-order valence-electron chi connectivity index (χ2n) is 5.04. The molecule has 0 saturated carbocycles. The smallest absolute Gasteiger partial charge is 0.335 e. The Morgan fingerprint density at radius 3 is 1.74 bits per heavy atom. The van der Waals surface area contributed by atoms with Crippen LogP contribution in [-0.4, -0.2) is 26.7 Å². The summed E-state index contributed by atoms with van der Waals surface area (Å²) >= 11 is 0. The van der Waals surface area contributed by atoms with Crippen LogP contribution in [0.4, 0.5) is 0 Å². The van der Waals surface area contributed by atoms with E-state index in [1.54, 1.807) is 48.5 Å². The Labute approximate surface area is 132 Å². The summed E-state index contributed by atoms with van der Waals surface area (Å²) in [6.07, 6.45) is 3.78. The Morgan fingerprint density at radius 2 is 1.22 bits per heavy atom. The van der Waals surface area contributed by atoms with Crippen molar-refractivity contribution in [1.29, 1.82) is 0 Å². The van der Waals surface area contributed by atoms with Gasteiger partial charge in [0.1, 0.15) is 0 Å². The first-order chi connectivity index (χ1) is 11.0. The van der Waals surface area contributed by atoms with Crippen molar-refractivity contribution in [3.05, 3.63) is 78.1 Å². The average molecular weight is 307 g/mol. The average Bonchev–Trinajstić information content (AvgIpc) is 3.05. The van der Waals surface area contributed by atoms with Gasteiger partial charge in [-0.25, -0.2) is 9.59 Å². The number of nitrogens with zero attached hydrogens (tertiary/aromatic N) is 1. The van der Waals surface area contributed by atoms with Crippen molar-refractivity contribution in [2.75, 3.05) is 0 Å². The maximum Gasteiger partial charge on any atom is 0.335 e. The molecule has 5 nitrogen and oxygen atoms in total. The summed E-state index contributed by atoms with van der Waals surface area (Å²) < 4.78 is 1.88. The lowest BCUT2D eigenvalue weighted by Gasteiger charge is -2.03. The lowest BCUT2D eigenvalue weighted by atomic mass is 10.1. The zero-order valence-electron chi connectivity index (χ0n) is 12.0. The summed E-state index contributed by atoms with van der Waals surface area (Å²) in [7, 11) is 0. The number of carboxylic acids is 2. The Balaban J connectivity index is 1.87. The molecule has 0 aliphatic carbocycles. The Hall–Kier alpha value is -3.34. The molecule has 114 valence electrons. The van der Waals surface area contributed by atoms with E-state index in [-0.39, 0.29) is 11.1 Å². The predicted octanol–water partition coefficient (Wildman–Crippen LogP) is 3.54. The molecule has 1 aromatic heterocycles. The summed E-state index contributed by atoms with van der Waals surface area (Å²) in [6.45, 7) is 0. The fourth-order valence-corrected chi connectivity index (χ4v) is 2.31. The highest BCUT2D eigenvalue weighted by molar-refractivity contribution is 5.88. The topological polar surface area (TPSA) is 79.5 Å². The Bertz CT molecular complexity index is 789. The maximum absolute atomic E-state index is 10.9. The third-order valence-electron chi connectivity index (χ3n) is 3.57. The molecular formula is C18H13NO4. The summed E-state index contributed by atoms with van der Waals surface area (Å²) in [5.41, 5.74) is 3.20. The molecule has 0 unspecified atom stereocenters. The monoisotopic (exact) mass is 307 g/mol. The van der Waals surface area contributed by atoms with Gasteiger partial charge >= 0.3 is 11.9 Å². The van der Waals surface area contributed by atoms with Crippen LogP contribution in [0.25, 0.3) is 16.8 Å². The fourth-order valence-electron chi connectivity index (χ4n) is 2.31. The number of carbonyl (C=O) groups is 2. The molecule has 0 fully saturated rings. The highest BCUT2D eigenvalue weighted by Gasteiger charge is 2.06. The molecular weight excluding hydrogens is 294 g/mol. The Morgan fingerprint density at radius 1 is 0.696 bits per heavy atom. The van der Waals surface area contributed by atoms with Crippen LogP contribution in [0.5, 0.6) is 0 Å². The molecule has 0 amide bonds. The van der Waals surface area contributed by atoms with E-state index in [1.165, 1.54) is 0 Å². The van der Waals surface area contributed by atoms with Crippen molar-refractivity contribution < 1.29 is 19.8 Å². The molecule has 1 heterocycles. The van der Waals surface area contributed by atoms with Gasteiger partial charge < -0.3 is 14.8 Å². The molecule has 0 spiro atoms. The van der Waals surface area contributed by atoms with Crippen molar-refractivity contribution >= 4 is 11.9 Å². The molecule has 3 rings (SSSR count). The standard InChI is InChI=1S/C18H13NO4/c20-17(21)13-3-1-12(2-4-13)15-9-10-19(11-15)16-7-5-14(6-8-16)18(22)23/h1-11H,(H,20,21)(H,22,23). The van der Waals surface area contributed by atoms with Gasteiger partial charge in [-0.1, -0.05) is 12.1 Å². The number of carboxylic acid groups (broad SMARTS) is 2. The first-order valence-corrected chi connectivity index (χ1v) is 6.90. The largest absolute Gasteiger partial charge is 0.478 e. The van der Waals surface area contributed by atoms with Gasteiger partial charge in [0.05, 0.1) is 11.1 Å². The van der Waals surface area contributed by atoms with Gasteiger partial charge in [-0.2, -0.15) is 0 Å². The molecule has 0 aliphatic rings. The van der Waals surface area contributed by atoms with Gasteiger partial charge in [-0.05, 0) is 53.6 Å². The molecule has 0 saturated heterocycles. The van der Waals surface area contributed by atoms with Gasteiger partial charge in [0, 0.05) is 18.1 Å². The summed E-state index contributed by atoms with van der Waals surface area (Å²) in [6, 6.07) is 15.2. The van der Waals surface area contributed by atoms with Crippen molar-refractivity contribution in [1.82, 2.24) is 4.57 Å². The van der Waals surface area contributed by atoms with Crippen LogP contribution in [-0.2, 0) is 0 Å². The van der Waals surface area contributed by atoms with E-state index in [1.807, 2.05) is 23.0 Å². The first kappa shape index (κ1) is 14.6. The highest BCUT2D eigenvalue weighted by Crippen LogP contribution is 2.22. The molecule has 0 radical (unpaired) electrons. The first-order valence-electron chi connectivity index (χ1n) is 6.90. The van der Waals surface area contributed by atoms with E-state index in [4.69, 9.17) is 10.2 Å². The number of aromatic nitrogens is 1. The molecule has 0 aliphatic heterocycles. The molecule has 5 heteroatoms. The molecule has 2 aromatic carbocycles. The number of hydrogen-bond donors (Lipinski definition) is 2.